The fourth-order valence-corrected chi connectivity index (χ4v) is 5.03. The van der Waals surface area contributed by atoms with Gasteiger partial charge in [-0.3, -0.25) is 0 Å². The fourth-order valence-electron chi connectivity index (χ4n) is 4.70. The summed E-state index contributed by atoms with van der Waals surface area (Å²) in [6.45, 7) is 5.94. The van der Waals surface area contributed by atoms with Crippen molar-refractivity contribution in [2.45, 2.75) is 38.8 Å². The maximum absolute atomic E-state index is 6.10. The van der Waals surface area contributed by atoms with E-state index >= 15 is 0 Å². The van der Waals surface area contributed by atoms with Crippen LogP contribution in [0.1, 0.15) is 32.7 Å². The molecule has 0 amide bonds. The Morgan fingerprint density at radius 2 is 1.88 bits per heavy atom. The molecule has 1 aliphatic carbocycles. The summed E-state index contributed by atoms with van der Waals surface area (Å²) in [4.78, 5) is 15.4. The first-order valence-electron chi connectivity index (χ1n) is 10.9. The highest BCUT2D eigenvalue weighted by atomic mass is 35.5. The van der Waals surface area contributed by atoms with Crippen molar-refractivity contribution in [1.82, 2.24) is 24.7 Å². The van der Waals surface area contributed by atoms with E-state index < -0.39 is 0 Å². The summed E-state index contributed by atoms with van der Waals surface area (Å²) in [6, 6.07) is 9.98. The first-order chi connectivity index (χ1) is 15.5. The van der Waals surface area contributed by atoms with Crippen LogP contribution in [0.4, 0.5) is 11.8 Å². The van der Waals surface area contributed by atoms with Crippen molar-refractivity contribution in [1.29, 1.82) is 0 Å². The van der Waals surface area contributed by atoms with Crippen LogP contribution in [0, 0.1) is 11.8 Å². The van der Waals surface area contributed by atoms with E-state index in [4.69, 9.17) is 33.0 Å². The number of fused-ring (bicyclic) bond motifs is 2. The van der Waals surface area contributed by atoms with Crippen molar-refractivity contribution in [3.63, 3.8) is 0 Å². The standard InChI is InChI=1S/C22H25Cl2N7O/c1-13(2)31-22(32-17-5-3-4-16(23)8-17)28-21(29-31)27-20-14-6-7-15(20)11-30(10-14)19-9-18(24)25-12-26-19/h3-5,8-9,12-15,20H,6-7,10-11H2,1-2H3,(H,27,29). The summed E-state index contributed by atoms with van der Waals surface area (Å²) in [5.74, 6) is 3.07. The van der Waals surface area contributed by atoms with Gasteiger partial charge in [0, 0.05) is 30.2 Å². The monoisotopic (exact) mass is 473 g/mol. The molecule has 0 spiro atoms. The average molecular weight is 474 g/mol. The van der Waals surface area contributed by atoms with Crippen molar-refractivity contribution in [2.75, 3.05) is 23.3 Å². The van der Waals surface area contributed by atoms with Gasteiger partial charge >= 0.3 is 6.01 Å². The van der Waals surface area contributed by atoms with Crippen LogP contribution in [0.3, 0.4) is 0 Å². The largest absolute Gasteiger partial charge is 0.424 e. The summed E-state index contributed by atoms with van der Waals surface area (Å²) in [6.07, 6.45) is 3.84. The van der Waals surface area contributed by atoms with Gasteiger partial charge < -0.3 is 15.0 Å². The van der Waals surface area contributed by atoms with Gasteiger partial charge in [-0.25, -0.2) is 14.6 Å². The number of rotatable bonds is 6. The fraction of sp³-hybridized carbons (Fsp3) is 0.455. The normalized spacial score (nSPS) is 22.4. The van der Waals surface area contributed by atoms with Gasteiger partial charge in [-0.15, -0.1) is 5.10 Å². The molecule has 3 heterocycles. The van der Waals surface area contributed by atoms with Crippen molar-refractivity contribution in [3.05, 3.63) is 46.8 Å². The van der Waals surface area contributed by atoms with Crippen LogP contribution in [0.2, 0.25) is 10.2 Å². The van der Waals surface area contributed by atoms with Gasteiger partial charge in [-0.05, 0) is 56.7 Å². The number of piperidine rings is 1. The number of benzene rings is 1. The van der Waals surface area contributed by atoms with E-state index in [1.165, 1.54) is 6.33 Å². The molecule has 1 saturated carbocycles. The number of halogens is 2. The Morgan fingerprint density at radius 1 is 1.09 bits per heavy atom. The Bertz CT molecular complexity index is 1090. The van der Waals surface area contributed by atoms with E-state index in [9.17, 15) is 0 Å². The van der Waals surface area contributed by atoms with E-state index in [1.54, 1.807) is 10.7 Å². The second-order valence-electron chi connectivity index (χ2n) is 8.69. The van der Waals surface area contributed by atoms with Gasteiger partial charge in [-0.1, -0.05) is 29.3 Å². The minimum Gasteiger partial charge on any atom is -0.424 e. The molecule has 168 valence electrons. The Morgan fingerprint density at radius 3 is 2.56 bits per heavy atom. The van der Waals surface area contributed by atoms with E-state index in [1.807, 2.05) is 24.3 Å². The molecule has 8 nitrogen and oxygen atoms in total. The van der Waals surface area contributed by atoms with Gasteiger partial charge in [0.25, 0.3) is 0 Å². The highest BCUT2D eigenvalue weighted by Gasteiger charge is 2.43. The zero-order chi connectivity index (χ0) is 22.2. The number of aromatic nitrogens is 5. The first kappa shape index (κ1) is 21.3. The Hall–Kier alpha value is -2.58. The minimum atomic E-state index is 0.105. The molecule has 32 heavy (non-hydrogen) atoms. The lowest BCUT2D eigenvalue weighted by molar-refractivity contribution is 0.373. The van der Waals surface area contributed by atoms with E-state index in [-0.39, 0.29) is 6.04 Å². The summed E-state index contributed by atoms with van der Waals surface area (Å²) in [5.41, 5.74) is 0. The second kappa shape index (κ2) is 8.75. The van der Waals surface area contributed by atoms with Gasteiger partial charge in [0.15, 0.2) is 0 Å². The molecule has 3 aromatic rings. The van der Waals surface area contributed by atoms with Gasteiger partial charge in [-0.2, -0.15) is 4.98 Å². The molecule has 0 radical (unpaired) electrons. The lowest BCUT2D eigenvalue weighted by atomic mass is 9.92. The zero-order valence-electron chi connectivity index (χ0n) is 17.9. The van der Waals surface area contributed by atoms with Crippen molar-refractivity contribution < 1.29 is 4.74 Å². The maximum Gasteiger partial charge on any atom is 0.322 e. The summed E-state index contributed by atoms with van der Waals surface area (Å²) < 4.78 is 7.80. The summed E-state index contributed by atoms with van der Waals surface area (Å²) >= 11 is 12.2. The molecule has 1 aliphatic heterocycles. The van der Waals surface area contributed by atoms with E-state index in [2.05, 4.69) is 39.0 Å². The third-order valence-electron chi connectivity index (χ3n) is 6.17. The van der Waals surface area contributed by atoms with Crippen LogP contribution in [0.15, 0.2) is 36.7 Å². The van der Waals surface area contributed by atoms with Crippen LogP contribution < -0.4 is 15.0 Å². The topological polar surface area (TPSA) is 81.0 Å². The quantitative estimate of drug-likeness (QED) is 0.500. The number of nitrogens with zero attached hydrogens (tertiary/aromatic N) is 6. The average Bonchev–Trinajstić information content (AvgIpc) is 3.24. The van der Waals surface area contributed by atoms with Crippen LogP contribution in [0.25, 0.3) is 0 Å². The van der Waals surface area contributed by atoms with Crippen LogP contribution in [-0.4, -0.2) is 43.9 Å². The van der Waals surface area contributed by atoms with Crippen molar-refractivity contribution >= 4 is 35.0 Å². The molecule has 1 N–H and O–H groups in total. The van der Waals surface area contributed by atoms with Crippen LogP contribution >= 0.6 is 23.2 Å². The Kier molecular flexibility index (Phi) is 5.82. The van der Waals surface area contributed by atoms with Crippen molar-refractivity contribution in [3.8, 4) is 11.8 Å². The Labute approximate surface area is 196 Å². The highest BCUT2D eigenvalue weighted by molar-refractivity contribution is 6.30. The predicted octanol–water partition coefficient (Wildman–Crippen LogP) is 5.08. The van der Waals surface area contributed by atoms with E-state index in [0.29, 0.717) is 45.8 Å². The number of nitrogens with one attached hydrogen (secondary N) is 1. The third kappa shape index (κ3) is 4.34. The van der Waals surface area contributed by atoms with Gasteiger partial charge in [0.2, 0.25) is 5.95 Å². The first-order valence-corrected chi connectivity index (χ1v) is 11.6. The zero-order valence-corrected chi connectivity index (χ0v) is 19.5. The van der Waals surface area contributed by atoms with Gasteiger partial charge in [0.05, 0.1) is 6.04 Å². The molecule has 2 atom stereocenters. The molecule has 2 bridgehead atoms. The third-order valence-corrected chi connectivity index (χ3v) is 6.61. The molecule has 10 heteroatoms. The van der Waals surface area contributed by atoms with E-state index in [0.717, 1.165) is 31.7 Å². The highest BCUT2D eigenvalue weighted by Crippen LogP contribution is 2.40. The smallest absolute Gasteiger partial charge is 0.322 e. The number of hydrogen-bond donors (Lipinski definition) is 1. The molecule has 2 fully saturated rings. The molecule has 2 unspecified atom stereocenters. The molecule has 1 aromatic carbocycles. The van der Waals surface area contributed by atoms with Crippen LogP contribution in [0.5, 0.6) is 11.8 Å². The number of hydrogen-bond acceptors (Lipinski definition) is 7. The molecular formula is C22H25Cl2N7O. The van der Waals surface area contributed by atoms with Crippen LogP contribution in [-0.2, 0) is 0 Å². The molecular weight excluding hydrogens is 449 g/mol. The Balaban J connectivity index is 1.32. The molecule has 2 aromatic heterocycles. The minimum absolute atomic E-state index is 0.105. The second-order valence-corrected chi connectivity index (χ2v) is 9.51. The maximum atomic E-state index is 6.10. The summed E-state index contributed by atoms with van der Waals surface area (Å²) in [7, 11) is 0. The molecule has 5 rings (SSSR count). The van der Waals surface area contributed by atoms with Gasteiger partial charge in [0.1, 0.15) is 23.0 Å². The predicted molar refractivity (Wildman–Crippen MR) is 125 cm³/mol. The van der Waals surface area contributed by atoms with Crippen molar-refractivity contribution in [2.24, 2.45) is 11.8 Å². The molecule has 1 saturated heterocycles. The number of anilines is 2. The lowest BCUT2D eigenvalue weighted by Crippen LogP contribution is -2.48. The number of ether oxygens (including phenoxy) is 1. The molecule has 2 aliphatic rings. The summed E-state index contributed by atoms with van der Waals surface area (Å²) in [5, 5.41) is 9.38. The SMILES string of the molecule is CC(C)n1nc(NC2C3CCC2CN(c2cc(Cl)ncn2)C3)nc1Oc1cccc(Cl)c1. The lowest BCUT2D eigenvalue weighted by Gasteiger charge is -2.38.